The van der Waals surface area contributed by atoms with Crippen molar-refractivity contribution in [2.45, 2.75) is 0 Å². The maximum absolute atomic E-state index is 8.63. The third-order valence-electron chi connectivity index (χ3n) is 0. The van der Waals surface area contributed by atoms with Gasteiger partial charge in [0.05, 0.1) is 0 Å². The van der Waals surface area contributed by atoms with E-state index in [1.807, 2.05) is 0 Å². The summed E-state index contributed by atoms with van der Waals surface area (Å²) in [4.78, 5) is 8.56. The van der Waals surface area contributed by atoms with Crippen LogP contribution in [0, 0.1) is 107 Å². The zero-order valence-corrected chi connectivity index (χ0v) is 13.8. The molecule has 0 unspecified atom stereocenters. The Morgan fingerprint density at radius 3 is 0.769 bits per heavy atom. The van der Waals surface area contributed by atoms with Crippen LogP contribution in [-0.2, 0) is 6.31 Å². The molecule has 0 aromatic rings. The van der Waals surface area contributed by atoms with Crippen LogP contribution < -0.4 is 0 Å². The fourth-order valence-electron chi connectivity index (χ4n) is 0. The molecule has 0 saturated carbocycles. The normalized spacial score (nSPS) is 4.15. The summed E-state index contributed by atoms with van der Waals surface area (Å²) >= 11 is -8.81. The molecule has 0 aliphatic heterocycles. The van der Waals surface area contributed by atoms with Crippen LogP contribution in [0.15, 0.2) is 0 Å². The molecule has 0 fully saturated rings. The summed E-state index contributed by atoms with van der Waals surface area (Å²) in [7, 11) is 0. The minimum absolute atomic E-state index is 0. The average molecular weight is 614 g/mol. The van der Waals surface area contributed by atoms with Crippen LogP contribution in [0.3, 0.4) is 0 Å². The third kappa shape index (κ3) is 497. The van der Waals surface area contributed by atoms with E-state index in [0.29, 0.717) is 0 Å². The van der Waals surface area contributed by atoms with Crippen molar-refractivity contribution in [1.82, 2.24) is 0 Å². The molecule has 13 heavy (non-hydrogen) atoms. The van der Waals surface area contributed by atoms with Crippen LogP contribution in [0.1, 0.15) is 0 Å². The van der Waals surface area contributed by atoms with Gasteiger partial charge in [-0.3, -0.25) is 0 Å². The molecule has 0 aromatic heterocycles. The molecule has 0 bridgehead atoms. The summed E-state index contributed by atoms with van der Waals surface area (Å²) < 4.78 is 51.8. The summed E-state index contributed by atoms with van der Waals surface area (Å²) in [5.74, 6) is 0. The van der Waals surface area contributed by atoms with E-state index >= 15 is 0 Å². The zero-order valence-electron chi connectivity index (χ0n) is 5.54. The Morgan fingerprint density at radius 1 is 0.769 bits per heavy atom. The molecule has 0 rings (SSSR count). The molecule has 9 nitrogen and oxygen atoms in total. The Balaban J connectivity index is -0.0000000450. The molecule has 0 amide bonds. The predicted molar refractivity (Wildman–Crippen MR) is 14.8 cm³/mol. The first-order valence-electron chi connectivity index (χ1n) is 1.88. The first-order valence-corrected chi connectivity index (χ1v) is 9.73. The molecule has 0 heterocycles. The van der Waals surface area contributed by atoms with E-state index in [4.69, 9.17) is 21.3 Å². The molecule has 0 aliphatic carbocycles. The van der Waals surface area contributed by atoms with Gasteiger partial charge in [-0.15, -0.1) is 0 Å². The van der Waals surface area contributed by atoms with E-state index < -0.39 is 76.2 Å². The number of carboxylic acid groups (broad SMARTS) is 2. The van der Waals surface area contributed by atoms with Gasteiger partial charge >= 0.3 is 82.5 Å². The second-order valence-corrected chi connectivity index (χ2v) is 3.99. The van der Waals surface area contributed by atoms with Gasteiger partial charge in [0.25, 0.3) is 0 Å². The van der Waals surface area contributed by atoms with Gasteiger partial charge < -0.3 is 10.2 Å². The van der Waals surface area contributed by atoms with Crippen molar-refractivity contribution in [3.05, 3.63) is 0 Å². The summed E-state index contributed by atoms with van der Waals surface area (Å²) in [6, 6.07) is 0. The number of rotatable bonds is 0. The van der Waals surface area contributed by atoms with Gasteiger partial charge in [-0.1, -0.05) is 0 Å². The Bertz CT molecular complexity index is 256. The molecular formula is CH2ErNd2O9. The van der Waals surface area contributed by atoms with Crippen molar-refractivity contribution in [2.75, 3.05) is 0 Å². The summed E-state index contributed by atoms with van der Waals surface area (Å²) in [5.41, 5.74) is 0. The molecule has 12 heteroatoms. The van der Waals surface area contributed by atoms with E-state index in [-0.39, 0.29) is 37.3 Å². The number of hydrogen-bond donors (Lipinski definition) is 2. The van der Waals surface area contributed by atoms with Gasteiger partial charge in [0.2, 0.25) is 0 Å². The Kier molecular flexibility index (Phi) is 36.6. The number of carbonyl (C=O) groups is 1. The van der Waals surface area contributed by atoms with Gasteiger partial charge in [-0.2, -0.15) is 0 Å². The van der Waals surface area contributed by atoms with Crippen molar-refractivity contribution in [3.8, 4) is 0 Å². The molecular weight excluding hydrogens is 612 g/mol. The fourth-order valence-corrected chi connectivity index (χ4v) is 0. The first-order chi connectivity index (χ1) is 5.20. The molecule has 0 aromatic carbocycles. The third-order valence-corrected chi connectivity index (χ3v) is 0. The summed E-state index contributed by atoms with van der Waals surface area (Å²) in [5, 5.41) is 13.9. The molecule has 2 N–H and O–H groups in total. The van der Waals surface area contributed by atoms with Gasteiger partial charge in [-0.05, 0) is 0 Å². The molecule has 0 aliphatic rings. The number of hydrogen-bond acceptors (Lipinski definition) is 7. The SMILES string of the molecule is O=C(O)O.[Er].[O]=[Nd](=[O])=[O].[O]=[Nd](=[O])=[O]. The van der Waals surface area contributed by atoms with E-state index in [9.17, 15) is 0 Å². The van der Waals surface area contributed by atoms with Gasteiger partial charge in [-0.25, -0.2) is 4.79 Å². The second kappa shape index (κ2) is 19.6. The van der Waals surface area contributed by atoms with E-state index in [1.165, 1.54) is 0 Å². The fraction of sp³-hybridized carbons (Fsp3) is 0. The van der Waals surface area contributed by atoms with Crippen LogP contribution in [0.2, 0.25) is 0 Å². The maximum atomic E-state index is 8.63. The first kappa shape index (κ1) is 24.3. The van der Waals surface area contributed by atoms with Crippen LogP contribution in [0.5, 0.6) is 0 Å². The molecule has 0 radical (unpaired) electrons. The Labute approximate surface area is 131 Å². The van der Waals surface area contributed by atoms with Crippen molar-refractivity contribution >= 4 is 6.16 Å². The monoisotopic (exact) mass is 608 g/mol. The topological polar surface area (TPSA) is 160 Å². The Hall–Kier alpha value is 2.02. The van der Waals surface area contributed by atoms with Crippen molar-refractivity contribution in [1.29, 1.82) is 0 Å². The molecule has 0 atom stereocenters. The minimum atomic E-state index is -4.41. The van der Waals surface area contributed by atoms with E-state index in [1.54, 1.807) is 0 Å². The molecule has 80 valence electrons. The van der Waals surface area contributed by atoms with E-state index in [0.717, 1.165) is 0 Å². The van der Waals surface area contributed by atoms with E-state index in [2.05, 4.69) is 0 Å². The van der Waals surface area contributed by atoms with Crippen LogP contribution in [0.25, 0.3) is 0 Å². The van der Waals surface area contributed by atoms with Gasteiger partial charge in [0.1, 0.15) is 0 Å². The average Bonchev–Trinajstić information content (AvgIpc) is 1.54. The summed E-state index contributed by atoms with van der Waals surface area (Å²) in [6.45, 7) is 0. The summed E-state index contributed by atoms with van der Waals surface area (Å²) in [6.07, 6.45) is -1.83. The van der Waals surface area contributed by atoms with Crippen LogP contribution in [-0.4, -0.2) is 16.4 Å². The van der Waals surface area contributed by atoms with Crippen molar-refractivity contribution in [3.63, 3.8) is 0 Å². The van der Waals surface area contributed by atoms with Gasteiger partial charge in [0.15, 0.2) is 0 Å². The molecule has 0 saturated heterocycles. The quantitative estimate of drug-likeness (QED) is 0.368. The molecule has 0 spiro atoms. The zero-order chi connectivity index (χ0) is 10.7. The standard InChI is InChI=1S/CH2O3.Er.2Nd.6O/c2-1(3)4;;;;;;;;;/h(H2,2,3,4);;;;;;;;;. The van der Waals surface area contributed by atoms with Crippen molar-refractivity contribution < 1.29 is 129 Å². The van der Waals surface area contributed by atoms with Crippen LogP contribution in [0.4, 0.5) is 4.79 Å². The van der Waals surface area contributed by atoms with Crippen molar-refractivity contribution in [2.24, 2.45) is 0 Å². The van der Waals surface area contributed by atoms with Crippen LogP contribution >= 0.6 is 0 Å². The second-order valence-electron chi connectivity index (χ2n) is 0.783. The Morgan fingerprint density at radius 2 is 0.769 bits per heavy atom. The predicted octanol–water partition coefficient (Wildman–Crippen LogP) is -0.490. The van der Waals surface area contributed by atoms with Gasteiger partial charge in [0, 0.05) is 37.3 Å².